The zero-order valence-electron chi connectivity index (χ0n) is 14.6. The molecule has 1 aliphatic heterocycles. The Hall–Kier alpha value is -2.33. The van der Waals surface area contributed by atoms with Gasteiger partial charge in [-0.05, 0) is 55.7 Å². The van der Waals surface area contributed by atoms with Crippen LogP contribution in [0.1, 0.15) is 23.1 Å². The third-order valence-corrected chi connectivity index (χ3v) is 5.09. The number of carbonyl (C=O) groups is 2. The van der Waals surface area contributed by atoms with Gasteiger partial charge >= 0.3 is 0 Å². The number of nitrogens with zero attached hydrogens (tertiary/aromatic N) is 1. The number of carbonyl (C=O) groups excluding carboxylic acids is 2. The molecule has 0 saturated carbocycles. The van der Waals surface area contributed by atoms with Gasteiger partial charge in [-0.15, -0.1) is 0 Å². The molecule has 1 N–H and O–H groups in total. The molecule has 1 aliphatic rings. The van der Waals surface area contributed by atoms with E-state index in [2.05, 4.69) is 5.32 Å². The first-order valence-electron chi connectivity index (χ1n) is 8.30. The minimum absolute atomic E-state index is 0.0170. The maximum atomic E-state index is 12.6. The van der Waals surface area contributed by atoms with Gasteiger partial charge in [0.1, 0.15) is 0 Å². The standard InChI is InChI=1S/C20H21ClN2O2/c1-12-7-8-13(2)18(9-12)23-11-15(10-19(23)24)20(25)22-17-6-4-5-16(21)14(17)3/h4-9,15H,10-11H2,1-3H3,(H,22,25)/t15-/m1/s1. The van der Waals surface area contributed by atoms with Gasteiger partial charge in [0.15, 0.2) is 0 Å². The minimum atomic E-state index is -0.370. The van der Waals surface area contributed by atoms with Gasteiger partial charge in [-0.25, -0.2) is 0 Å². The van der Waals surface area contributed by atoms with Crippen molar-refractivity contribution in [1.29, 1.82) is 0 Å². The summed E-state index contributed by atoms with van der Waals surface area (Å²) >= 11 is 6.10. The molecule has 2 aromatic carbocycles. The van der Waals surface area contributed by atoms with Crippen LogP contribution in [0, 0.1) is 26.7 Å². The molecule has 5 heteroatoms. The summed E-state index contributed by atoms with van der Waals surface area (Å²) in [6.07, 6.45) is 0.221. The average Bonchev–Trinajstić information content (AvgIpc) is 2.96. The van der Waals surface area contributed by atoms with Crippen molar-refractivity contribution in [2.75, 3.05) is 16.8 Å². The van der Waals surface area contributed by atoms with Crippen molar-refractivity contribution in [1.82, 2.24) is 0 Å². The number of aryl methyl sites for hydroxylation is 2. The Morgan fingerprint density at radius 2 is 1.96 bits per heavy atom. The Morgan fingerprint density at radius 1 is 1.20 bits per heavy atom. The van der Waals surface area contributed by atoms with Crippen molar-refractivity contribution < 1.29 is 9.59 Å². The van der Waals surface area contributed by atoms with Crippen LogP contribution in [-0.2, 0) is 9.59 Å². The lowest BCUT2D eigenvalue weighted by Crippen LogP contribution is -2.28. The van der Waals surface area contributed by atoms with Crippen LogP contribution in [0.4, 0.5) is 11.4 Å². The summed E-state index contributed by atoms with van der Waals surface area (Å²) in [6, 6.07) is 11.4. The predicted octanol–water partition coefficient (Wildman–Crippen LogP) is 4.26. The van der Waals surface area contributed by atoms with E-state index in [1.54, 1.807) is 17.0 Å². The van der Waals surface area contributed by atoms with E-state index in [0.29, 0.717) is 17.3 Å². The highest BCUT2D eigenvalue weighted by Crippen LogP contribution is 2.30. The highest BCUT2D eigenvalue weighted by molar-refractivity contribution is 6.31. The van der Waals surface area contributed by atoms with Crippen molar-refractivity contribution in [2.24, 2.45) is 5.92 Å². The quantitative estimate of drug-likeness (QED) is 0.893. The smallest absolute Gasteiger partial charge is 0.229 e. The van der Waals surface area contributed by atoms with Crippen molar-refractivity contribution in [3.8, 4) is 0 Å². The number of amides is 2. The van der Waals surface area contributed by atoms with Gasteiger partial charge in [-0.1, -0.05) is 29.8 Å². The predicted molar refractivity (Wildman–Crippen MR) is 101 cm³/mol. The lowest BCUT2D eigenvalue weighted by atomic mass is 10.1. The van der Waals surface area contributed by atoms with Crippen LogP contribution < -0.4 is 10.2 Å². The minimum Gasteiger partial charge on any atom is -0.325 e. The molecule has 3 rings (SSSR count). The number of benzene rings is 2. The Labute approximate surface area is 152 Å². The Bertz CT molecular complexity index is 848. The van der Waals surface area contributed by atoms with E-state index >= 15 is 0 Å². The molecule has 130 valence electrons. The van der Waals surface area contributed by atoms with Crippen LogP contribution in [0.25, 0.3) is 0 Å². The highest BCUT2D eigenvalue weighted by Gasteiger charge is 2.35. The number of nitrogens with one attached hydrogen (secondary N) is 1. The SMILES string of the molecule is Cc1ccc(C)c(N2C[C@H](C(=O)Nc3cccc(Cl)c3C)CC2=O)c1. The molecule has 0 spiro atoms. The zero-order valence-corrected chi connectivity index (χ0v) is 15.4. The molecular weight excluding hydrogens is 336 g/mol. The molecule has 2 aromatic rings. The van der Waals surface area contributed by atoms with Gasteiger partial charge in [0.05, 0.1) is 5.92 Å². The van der Waals surface area contributed by atoms with E-state index in [1.807, 2.05) is 45.0 Å². The first-order valence-corrected chi connectivity index (χ1v) is 8.68. The van der Waals surface area contributed by atoms with Crippen LogP contribution in [0.5, 0.6) is 0 Å². The van der Waals surface area contributed by atoms with Crippen LogP contribution in [-0.4, -0.2) is 18.4 Å². The van der Waals surface area contributed by atoms with E-state index in [-0.39, 0.29) is 24.2 Å². The zero-order chi connectivity index (χ0) is 18.1. The summed E-state index contributed by atoms with van der Waals surface area (Å²) in [7, 11) is 0. The molecule has 1 saturated heterocycles. The van der Waals surface area contributed by atoms with Gasteiger partial charge in [-0.3, -0.25) is 9.59 Å². The first kappa shape index (κ1) is 17.5. The number of anilines is 2. The summed E-state index contributed by atoms with van der Waals surface area (Å²) in [5.41, 5.74) is 4.53. The third-order valence-electron chi connectivity index (χ3n) is 4.68. The Morgan fingerprint density at radius 3 is 2.72 bits per heavy atom. The van der Waals surface area contributed by atoms with Crippen LogP contribution >= 0.6 is 11.6 Å². The second-order valence-corrected chi connectivity index (χ2v) is 7.00. The summed E-state index contributed by atoms with van der Waals surface area (Å²) < 4.78 is 0. The van der Waals surface area contributed by atoms with E-state index in [4.69, 9.17) is 11.6 Å². The van der Waals surface area contributed by atoms with E-state index in [1.165, 1.54) is 0 Å². The van der Waals surface area contributed by atoms with E-state index < -0.39 is 0 Å². The van der Waals surface area contributed by atoms with Gasteiger partial charge in [0, 0.05) is 29.4 Å². The molecule has 0 bridgehead atoms. The van der Waals surface area contributed by atoms with Gasteiger partial charge < -0.3 is 10.2 Å². The first-order chi connectivity index (χ1) is 11.9. The summed E-state index contributed by atoms with van der Waals surface area (Å²) in [5.74, 6) is -0.533. The van der Waals surface area contributed by atoms with Crippen molar-refractivity contribution in [3.63, 3.8) is 0 Å². The summed E-state index contributed by atoms with van der Waals surface area (Å²) in [5, 5.41) is 3.52. The molecule has 25 heavy (non-hydrogen) atoms. The van der Waals surface area contributed by atoms with Crippen molar-refractivity contribution >= 4 is 34.8 Å². The molecule has 1 heterocycles. The fourth-order valence-corrected chi connectivity index (χ4v) is 3.28. The third kappa shape index (κ3) is 3.54. The second kappa shape index (κ2) is 6.89. The molecule has 0 aliphatic carbocycles. The molecule has 4 nitrogen and oxygen atoms in total. The number of halogens is 1. The molecule has 0 unspecified atom stereocenters. The normalized spacial score (nSPS) is 17.0. The van der Waals surface area contributed by atoms with Crippen LogP contribution in [0.15, 0.2) is 36.4 Å². The maximum absolute atomic E-state index is 12.6. The molecule has 1 atom stereocenters. The highest BCUT2D eigenvalue weighted by atomic mass is 35.5. The largest absolute Gasteiger partial charge is 0.325 e. The number of rotatable bonds is 3. The summed E-state index contributed by atoms with van der Waals surface area (Å²) in [4.78, 5) is 26.8. The van der Waals surface area contributed by atoms with Crippen LogP contribution in [0.3, 0.4) is 0 Å². The van der Waals surface area contributed by atoms with Gasteiger partial charge in [-0.2, -0.15) is 0 Å². The second-order valence-electron chi connectivity index (χ2n) is 6.60. The van der Waals surface area contributed by atoms with E-state index in [0.717, 1.165) is 22.4 Å². The molecule has 2 amide bonds. The lowest BCUT2D eigenvalue weighted by molar-refractivity contribution is -0.122. The monoisotopic (exact) mass is 356 g/mol. The Balaban J connectivity index is 1.77. The topological polar surface area (TPSA) is 49.4 Å². The van der Waals surface area contributed by atoms with Crippen molar-refractivity contribution in [2.45, 2.75) is 27.2 Å². The fourth-order valence-electron chi connectivity index (χ4n) is 3.10. The molecule has 0 radical (unpaired) electrons. The van der Waals surface area contributed by atoms with Gasteiger partial charge in [0.25, 0.3) is 0 Å². The van der Waals surface area contributed by atoms with Crippen molar-refractivity contribution in [3.05, 3.63) is 58.1 Å². The van der Waals surface area contributed by atoms with Crippen LogP contribution in [0.2, 0.25) is 5.02 Å². The molecule has 0 aromatic heterocycles. The average molecular weight is 357 g/mol. The van der Waals surface area contributed by atoms with Gasteiger partial charge in [0.2, 0.25) is 11.8 Å². The maximum Gasteiger partial charge on any atom is 0.229 e. The lowest BCUT2D eigenvalue weighted by Gasteiger charge is -2.20. The molecule has 1 fully saturated rings. The Kier molecular flexibility index (Phi) is 4.82. The number of hydrogen-bond acceptors (Lipinski definition) is 2. The fraction of sp³-hybridized carbons (Fsp3) is 0.300. The number of hydrogen-bond donors (Lipinski definition) is 1. The van der Waals surface area contributed by atoms with E-state index in [9.17, 15) is 9.59 Å². The summed E-state index contributed by atoms with van der Waals surface area (Å²) in [6.45, 7) is 6.23. The molecular formula is C20H21ClN2O2.